The molecule has 0 aliphatic carbocycles. The van der Waals surface area contributed by atoms with Gasteiger partial charge in [-0.3, -0.25) is 19.3 Å². The topological polar surface area (TPSA) is 67.2 Å². The Bertz CT molecular complexity index is 1290. The minimum atomic E-state index is -0.0616. The summed E-state index contributed by atoms with van der Waals surface area (Å²) < 4.78 is 1.64. The summed E-state index contributed by atoms with van der Waals surface area (Å²) in [6.45, 7) is 4.67. The number of piperazine rings is 1. The molecule has 7 heteroatoms. The van der Waals surface area contributed by atoms with E-state index in [1.54, 1.807) is 30.1 Å². The largest absolute Gasteiger partial charge is 0.368 e. The molecule has 1 atom stereocenters. The normalized spacial score (nSPS) is 16.6. The summed E-state index contributed by atoms with van der Waals surface area (Å²) in [5, 5.41) is 1.14. The first kappa shape index (κ1) is 19.2. The second-order valence-electron chi connectivity index (χ2n) is 7.94. The van der Waals surface area contributed by atoms with E-state index in [2.05, 4.69) is 51.0 Å². The first-order valence-electron chi connectivity index (χ1n) is 10.4. The minimum absolute atomic E-state index is 0.0616. The van der Waals surface area contributed by atoms with Crippen molar-refractivity contribution in [3.05, 3.63) is 77.5 Å². The first-order chi connectivity index (χ1) is 15.1. The van der Waals surface area contributed by atoms with E-state index >= 15 is 0 Å². The molecule has 0 spiro atoms. The van der Waals surface area contributed by atoms with Crippen molar-refractivity contribution < 1.29 is 0 Å². The average molecular weight is 412 g/mol. The van der Waals surface area contributed by atoms with Gasteiger partial charge < -0.3 is 9.80 Å². The van der Waals surface area contributed by atoms with E-state index in [1.165, 1.54) is 5.69 Å². The Morgan fingerprint density at radius 1 is 1.00 bits per heavy atom. The Labute approximate surface area is 180 Å². The lowest BCUT2D eigenvalue weighted by Crippen LogP contribution is -2.53. The van der Waals surface area contributed by atoms with Gasteiger partial charge in [0.2, 0.25) is 5.95 Å². The smallest absolute Gasteiger partial charge is 0.255 e. The number of fused-ring (bicyclic) bond motifs is 1. The van der Waals surface area contributed by atoms with Crippen molar-refractivity contribution in [2.24, 2.45) is 7.05 Å². The van der Waals surface area contributed by atoms with Crippen LogP contribution < -0.4 is 15.4 Å². The molecule has 1 fully saturated rings. The third-order valence-corrected chi connectivity index (χ3v) is 5.92. The monoisotopic (exact) mass is 412 g/mol. The highest BCUT2D eigenvalue weighted by Crippen LogP contribution is 2.26. The predicted octanol–water partition coefficient (Wildman–Crippen LogP) is 3.11. The van der Waals surface area contributed by atoms with E-state index < -0.39 is 0 Å². The molecule has 5 rings (SSSR count). The predicted molar refractivity (Wildman–Crippen MR) is 123 cm³/mol. The van der Waals surface area contributed by atoms with Crippen LogP contribution in [0.4, 0.5) is 11.6 Å². The van der Waals surface area contributed by atoms with E-state index in [4.69, 9.17) is 4.98 Å². The molecule has 3 aromatic heterocycles. The van der Waals surface area contributed by atoms with Gasteiger partial charge in [-0.1, -0.05) is 6.07 Å². The van der Waals surface area contributed by atoms with Crippen LogP contribution in [0.1, 0.15) is 6.92 Å². The number of rotatable bonds is 3. The number of anilines is 2. The third kappa shape index (κ3) is 3.63. The summed E-state index contributed by atoms with van der Waals surface area (Å²) in [5.74, 6) is 0.703. The lowest BCUT2D eigenvalue weighted by Gasteiger charge is -2.42. The van der Waals surface area contributed by atoms with Crippen molar-refractivity contribution in [1.29, 1.82) is 0 Å². The fourth-order valence-corrected chi connectivity index (χ4v) is 4.20. The van der Waals surface area contributed by atoms with Crippen molar-refractivity contribution in [3.63, 3.8) is 0 Å². The van der Waals surface area contributed by atoms with Gasteiger partial charge in [-0.25, -0.2) is 4.98 Å². The molecule has 0 radical (unpaired) electrons. The zero-order chi connectivity index (χ0) is 21.4. The molecule has 0 amide bonds. The molecule has 1 saturated heterocycles. The van der Waals surface area contributed by atoms with E-state index in [1.807, 2.05) is 24.4 Å². The molecule has 4 heterocycles. The van der Waals surface area contributed by atoms with E-state index in [-0.39, 0.29) is 11.6 Å². The van der Waals surface area contributed by atoms with E-state index in [9.17, 15) is 4.79 Å². The van der Waals surface area contributed by atoms with Crippen molar-refractivity contribution in [2.45, 2.75) is 13.0 Å². The quantitative estimate of drug-likeness (QED) is 0.515. The summed E-state index contributed by atoms with van der Waals surface area (Å²) in [4.78, 5) is 30.6. The molecule has 0 N–H and O–H groups in total. The van der Waals surface area contributed by atoms with Crippen molar-refractivity contribution in [1.82, 2.24) is 19.5 Å². The fraction of sp³-hybridized carbons (Fsp3) is 0.250. The summed E-state index contributed by atoms with van der Waals surface area (Å²) in [6.07, 6.45) is 5.25. The van der Waals surface area contributed by atoms with E-state index in [0.717, 1.165) is 36.1 Å². The summed E-state index contributed by atoms with van der Waals surface area (Å²) in [5.41, 5.74) is 3.71. The number of aromatic nitrogens is 4. The number of benzene rings is 1. The van der Waals surface area contributed by atoms with Crippen LogP contribution in [0.15, 0.2) is 71.9 Å². The maximum Gasteiger partial charge on any atom is 0.255 e. The van der Waals surface area contributed by atoms with Gasteiger partial charge in [0.25, 0.3) is 5.56 Å². The van der Waals surface area contributed by atoms with Gasteiger partial charge in [0.05, 0.1) is 11.2 Å². The summed E-state index contributed by atoms with van der Waals surface area (Å²) >= 11 is 0. The Hall–Kier alpha value is -3.74. The molecule has 156 valence electrons. The summed E-state index contributed by atoms with van der Waals surface area (Å²) in [6, 6.07) is 16.0. The maximum atomic E-state index is 12.7. The highest BCUT2D eigenvalue weighted by molar-refractivity contribution is 5.82. The lowest BCUT2D eigenvalue weighted by atomic mass is 10.1. The zero-order valence-corrected chi connectivity index (χ0v) is 17.6. The van der Waals surface area contributed by atoms with Gasteiger partial charge >= 0.3 is 0 Å². The third-order valence-electron chi connectivity index (χ3n) is 5.92. The molecule has 0 bridgehead atoms. The minimum Gasteiger partial charge on any atom is -0.368 e. The Kier molecular flexibility index (Phi) is 4.86. The van der Waals surface area contributed by atoms with Crippen LogP contribution in [-0.4, -0.2) is 45.2 Å². The zero-order valence-electron chi connectivity index (χ0n) is 17.6. The van der Waals surface area contributed by atoms with E-state index in [0.29, 0.717) is 11.6 Å². The molecule has 0 saturated carbocycles. The number of nitrogens with zero attached hydrogens (tertiary/aromatic N) is 6. The van der Waals surface area contributed by atoms with Gasteiger partial charge in [-0.05, 0) is 43.3 Å². The maximum absolute atomic E-state index is 12.7. The molecular weight excluding hydrogens is 388 g/mol. The second-order valence-corrected chi connectivity index (χ2v) is 7.94. The van der Waals surface area contributed by atoms with Crippen LogP contribution in [0, 0.1) is 0 Å². The molecule has 1 aliphatic heterocycles. The Morgan fingerprint density at radius 2 is 1.84 bits per heavy atom. The van der Waals surface area contributed by atoms with Crippen LogP contribution in [0.25, 0.3) is 22.2 Å². The van der Waals surface area contributed by atoms with Gasteiger partial charge in [0, 0.05) is 74.0 Å². The highest BCUT2D eigenvalue weighted by Gasteiger charge is 2.27. The number of hydrogen-bond donors (Lipinski definition) is 0. The number of hydrogen-bond acceptors (Lipinski definition) is 6. The molecule has 7 nitrogen and oxygen atoms in total. The standard InChI is InChI=1S/C24H24N6O/c1-17-16-29(20-5-6-21-19(14-20)4-3-9-26-21)12-13-30(17)24-27-22(15-23(31)28(24)2)18-7-10-25-11-8-18/h3-11,14-15,17H,12-13,16H2,1-2H3/t17-/m1/s1. The Balaban J connectivity index is 1.43. The first-order valence-corrected chi connectivity index (χ1v) is 10.4. The number of pyridine rings is 2. The Morgan fingerprint density at radius 3 is 2.65 bits per heavy atom. The second kappa shape index (κ2) is 7.83. The average Bonchev–Trinajstić information content (AvgIpc) is 2.81. The van der Waals surface area contributed by atoms with Crippen LogP contribution in [0.3, 0.4) is 0 Å². The van der Waals surface area contributed by atoms with Crippen molar-refractivity contribution in [2.75, 3.05) is 29.4 Å². The molecule has 1 aromatic carbocycles. The fourth-order valence-electron chi connectivity index (χ4n) is 4.20. The van der Waals surface area contributed by atoms with Crippen LogP contribution in [-0.2, 0) is 7.05 Å². The SMILES string of the molecule is C[C@@H]1CN(c2ccc3ncccc3c2)CCN1c1nc(-c2ccncc2)cc(=O)n1C. The molecule has 31 heavy (non-hydrogen) atoms. The summed E-state index contributed by atoms with van der Waals surface area (Å²) in [7, 11) is 1.79. The molecule has 1 aliphatic rings. The highest BCUT2D eigenvalue weighted by atomic mass is 16.1. The van der Waals surface area contributed by atoms with Gasteiger partial charge in [-0.2, -0.15) is 0 Å². The molecule has 0 unspecified atom stereocenters. The van der Waals surface area contributed by atoms with Gasteiger partial charge in [0.15, 0.2) is 0 Å². The van der Waals surface area contributed by atoms with Crippen LogP contribution >= 0.6 is 0 Å². The lowest BCUT2D eigenvalue weighted by molar-refractivity contribution is 0.530. The molecular formula is C24H24N6O. The van der Waals surface area contributed by atoms with Crippen molar-refractivity contribution in [3.8, 4) is 11.3 Å². The molecule has 4 aromatic rings. The van der Waals surface area contributed by atoms with Crippen LogP contribution in [0.5, 0.6) is 0 Å². The van der Waals surface area contributed by atoms with Crippen LogP contribution in [0.2, 0.25) is 0 Å². The van der Waals surface area contributed by atoms with Gasteiger partial charge in [0.1, 0.15) is 0 Å². The van der Waals surface area contributed by atoms with Crippen molar-refractivity contribution >= 4 is 22.5 Å². The van der Waals surface area contributed by atoms with Gasteiger partial charge in [-0.15, -0.1) is 0 Å².